The lowest BCUT2D eigenvalue weighted by Gasteiger charge is -2.19. The summed E-state index contributed by atoms with van der Waals surface area (Å²) in [6.45, 7) is 4.08. The SMILES string of the molecule is CC[C@@H](CNC(=O)[C@H](C)Oc1ccc(Cl)cc1[N+](=O)[O-])c1ccccc1. The molecule has 138 valence electrons. The third-order valence-electron chi connectivity index (χ3n) is 4.08. The molecule has 0 aliphatic carbocycles. The summed E-state index contributed by atoms with van der Waals surface area (Å²) in [5.41, 5.74) is 0.880. The lowest BCUT2D eigenvalue weighted by atomic mass is 9.96. The van der Waals surface area contributed by atoms with Crippen molar-refractivity contribution < 1.29 is 14.5 Å². The molecule has 2 rings (SSSR count). The van der Waals surface area contributed by atoms with E-state index >= 15 is 0 Å². The first kappa shape index (κ1) is 19.7. The Morgan fingerprint density at radius 2 is 1.96 bits per heavy atom. The monoisotopic (exact) mass is 376 g/mol. The molecule has 0 unspecified atom stereocenters. The maximum Gasteiger partial charge on any atom is 0.312 e. The average Bonchev–Trinajstić information content (AvgIpc) is 2.64. The number of rotatable bonds is 8. The van der Waals surface area contributed by atoms with Gasteiger partial charge in [-0.05, 0) is 31.0 Å². The lowest BCUT2D eigenvalue weighted by Crippen LogP contribution is -2.38. The highest BCUT2D eigenvalue weighted by Gasteiger charge is 2.22. The normalized spacial score (nSPS) is 12.9. The number of hydrogen-bond donors (Lipinski definition) is 1. The smallest absolute Gasteiger partial charge is 0.312 e. The third-order valence-corrected chi connectivity index (χ3v) is 4.31. The first-order valence-electron chi connectivity index (χ1n) is 8.35. The molecule has 6 nitrogen and oxygen atoms in total. The molecule has 0 aromatic heterocycles. The Labute approximate surface area is 157 Å². The lowest BCUT2D eigenvalue weighted by molar-refractivity contribution is -0.386. The second kappa shape index (κ2) is 9.20. The number of carbonyl (C=O) groups is 1. The molecule has 0 aliphatic rings. The number of hydrogen-bond acceptors (Lipinski definition) is 4. The van der Waals surface area contributed by atoms with Gasteiger partial charge in [-0.2, -0.15) is 0 Å². The van der Waals surface area contributed by atoms with Crippen molar-refractivity contribution in [2.24, 2.45) is 0 Å². The Morgan fingerprint density at radius 3 is 2.58 bits per heavy atom. The maximum absolute atomic E-state index is 12.3. The molecule has 26 heavy (non-hydrogen) atoms. The van der Waals surface area contributed by atoms with E-state index in [9.17, 15) is 14.9 Å². The zero-order valence-electron chi connectivity index (χ0n) is 14.6. The molecule has 2 aromatic rings. The van der Waals surface area contributed by atoms with Crippen molar-refractivity contribution in [2.75, 3.05) is 6.54 Å². The summed E-state index contributed by atoms with van der Waals surface area (Å²) in [4.78, 5) is 22.8. The van der Waals surface area contributed by atoms with E-state index in [4.69, 9.17) is 16.3 Å². The number of amides is 1. The number of nitro benzene ring substituents is 1. The summed E-state index contributed by atoms with van der Waals surface area (Å²) in [7, 11) is 0. The van der Waals surface area contributed by atoms with Gasteiger partial charge in [-0.25, -0.2) is 0 Å². The van der Waals surface area contributed by atoms with Crippen molar-refractivity contribution in [3.63, 3.8) is 0 Å². The molecule has 0 radical (unpaired) electrons. The van der Waals surface area contributed by atoms with Gasteiger partial charge in [-0.15, -0.1) is 0 Å². The molecule has 1 amide bonds. The van der Waals surface area contributed by atoms with E-state index in [2.05, 4.69) is 12.2 Å². The summed E-state index contributed by atoms with van der Waals surface area (Å²) in [5, 5.41) is 14.2. The molecule has 0 spiro atoms. The van der Waals surface area contributed by atoms with Crippen LogP contribution in [-0.2, 0) is 4.79 Å². The number of carbonyl (C=O) groups excluding carboxylic acids is 1. The van der Waals surface area contributed by atoms with Crippen LogP contribution in [0.15, 0.2) is 48.5 Å². The van der Waals surface area contributed by atoms with Gasteiger partial charge in [0, 0.05) is 23.6 Å². The van der Waals surface area contributed by atoms with Crippen LogP contribution in [0.1, 0.15) is 31.7 Å². The Kier molecular flexibility index (Phi) is 6.97. The minimum absolute atomic E-state index is 0.0113. The Balaban J connectivity index is 1.99. The zero-order valence-corrected chi connectivity index (χ0v) is 15.4. The number of halogens is 1. The molecule has 0 fully saturated rings. The van der Waals surface area contributed by atoms with Crippen molar-refractivity contribution in [3.8, 4) is 5.75 Å². The van der Waals surface area contributed by atoms with Crippen molar-refractivity contribution in [3.05, 3.63) is 69.2 Å². The minimum atomic E-state index is -0.872. The highest BCUT2D eigenvalue weighted by atomic mass is 35.5. The molecule has 0 saturated carbocycles. The van der Waals surface area contributed by atoms with Crippen molar-refractivity contribution in [2.45, 2.75) is 32.3 Å². The summed E-state index contributed by atoms with van der Waals surface area (Å²) in [6, 6.07) is 14.0. The number of nitro groups is 1. The number of nitrogens with one attached hydrogen (secondary N) is 1. The van der Waals surface area contributed by atoms with E-state index in [-0.39, 0.29) is 28.3 Å². The maximum atomic E-state index is 12.3. The Bertz CT molecular complexity index is 767. The molecule has 0 heterocycles. The summed E-state index contributed by atoms with van der Waals surface area (Å²) < 4.78 is 5.48. The summed E-state index contributed by atoms with van der Waals surface area (Å²) in [5.74, 6) is -0.127. The van der Waals surface area contributed by atoms with Gasteiger partial charge in [0.25, 0.3) is 5.91 Å². The molecule has 1 N–H and O–H groups in total. The fourth-order valence-electron chi connectivity index (χ4n) is 2.57. The van der Waals surface area contributed by atoms with Gasteiger partial charge in [0.05, 0.1) is 4.92 Å². The van der Waals surface area contributed by atoms with Crippen LogP contribution in [0.4, 0.5) is 5.69 Å². The predicted molar refractivity (Wildman–Crippen MR) is 101 cm³/mol. The Morgan fingerprint density at radius 1 is 1.27 bits per heavy atom. The van der Waals surface area contributed by atoms with E-state index in [1.54, 1.807) is 6.92 Å². The van der Waals surface area contributed by atoms with Crippen molar-refractivity contribution in [1.82, 2.24) is 5.32 Å². The van der Waals surface area contributed by atoms with Gasteiger partial charge in [0.15, 0.2) is 11.9 Å². The molecular formula is C19H21ClN2O4. The second-order valence-electron chi connectivity index (χ2n) is 5.89. The van der Waals surface area contributed by atoms with Crippen LogP contribution in [0.25, 0.3) is 0 Å². The minimum Gasteiger partial charge on any atom is -0.474 e. The van der Waals surface area contributed by atoms with Crippen LogP contribution >= 0.6 is 11.6 Å². The molecule has 2 aromatic carbocycles. The van der Waals surface area contributed by atoms with Crippen LogP contribution in [0.2, 0.25) is 5.02 Å². The second-order valence-corrected chi connectivity index (χ2v) is 6.33. The largest absolute Gasteiger partial charge is 0.474 e. The van der Waals surface area contributed by atoms with Gasteiger partial charge in [0.1, 0.15) is 0 Å². The van der Waals surface area contributed by atoms with Crippen LogP contribution in [0, 0.1) is 10.1 Å². The fourth-order valence-corrected chi connectivity index (χ4v) is 2.73. The summed E-state index contributed by atoms with van der Waals surface area (Å²) >= 11 is 5.78. The van der Waals surface area contributed by atoms with Gasteiger partial charge >= 0.3 is 5.69 Å². The number of benzene rings is 2. The molecular weight excluding hydrogens is 356 g/mol. The van der Waals surface area contributed by atoms with E-state index < -0.39 is 11.0 Å². The molecule has 0 saturated heterocycles. The van der Waals surface area contributed by atoms with E-state index in [1.807, 2.05) is 30.3 Å². The van der Waals surface area contributed by atoms with Crippen LogP contribution in [0.5, 0.6) is 5.75 Å². The van der Waals surface area contributed by atoms with Crippen molar-refractivity contribution in [1.29, 1.82) is 0 Å². The Hall–Kier alpha value is -2.60. The number of nitrogens with zero attached hydrogens (tertiary/aromatic N) is 1. The quantitative estimate of drug-likeness (QED) is 0.549. The topological polar surface area (TPSA) is 81.5 Å². The van der Waals surface area contributed by atoms with Crippen LogP contribution in [-0.4, -0.2) is 23.5 Å². The van der Waals surface area contributed by atoms with Crippen molar-refractivity contribution >= 4 is 23.2 Å². The first-order chi connectivity index (χ1) is 12.4. The predicted octanol–water partition coefficient (Wildman–Crippen LogP) is 4.33. The van der Waals surface area contributed by atoms with Crippen LogP contribution in [0.3, 0.4) is 0 Å². The fraction of sp³-hybridized carbons (Fsp3) is 0.316. The van der Waals surface area contributed by atoms with E-state index in [0.717, 1.165) is 12.0 Å². The van der Waals surface area contributed by atoms with Crippen LogP contribution < -0.4 is 10.1 Å². The van der Waals surface area contributed by atoms with Gasteiger partial charge < -0.3 is 10.1 Å². The standard InChI is InChI=1S/C19H21ClN2O4/c1-3-14(15-7-5-4-6-8-15)12-21-19(23)13(2)26-18-10-9-16(20)11-17(18)22(24)25/h4-11,13-14H,3,12H2,1-2H3,(H,21,23)/t13-,14-/m0/s1. The molecule has 0 bridgehead atoms. The average molecular weight is 377 g/mol. The highest BCUT2D eigenvalue weighted by Crippen LogP contribution is 2.30. The van der Waals surface area contributed by atoms with E-state index in [0.29, 0.717) is 6.54 Å². The number of ether oxygens (including phenoxy) is 1. The highest BCUT2D eigenvalue weighted by molar-refractivity contribution is 6.30. The zero-order chi connectivity index (χ0) is 19.1. The third kappa shape index (κ3) is 5.20. The molecule has 7 heteroatoms. The first-order valence-corrected chi connectivity index (χ1v) is 8.73. The molecule has 2 atom stereocenters. The molecule has 0 aliphatic heterocycles. The van der Waals surface area contributed by atoms with E-state index in [1.165, 1.54) is 18.2 Å². The van der Waals surface area contributed by atoms with Gasteiger partial charge in [0.2, 0.25) is 0 Å². The van der Waals surface area contributed by atoms with Gasteiger partial charge in [-0.3, -0.25) is 14.9 Å². The summed E-state index contributed by atoms with van der Waals surface area (Å²) in [6.07, 6.45) is 0.00509. The van der Waals surface area contributed by atoms with Gasteiger partial charge in [-0.1, -0.05) is 48.9 Å².